The number of nitrogens with two attached hydrogens (primary N) is 1. The maximum atomic E-state index is 6.12. The van der Waals surface area contributed by atoms with Gasteiger partial charge in [-0.3, -0.25) is 0 Å². The summed E-state index contributed by atoms with van der Waals surface area (Å²) in [5.41, 5.74) is 7.89. The standard InChI is InChI=1S/C16H22N4/c1-11-7-3-6-10-14(11)20(2)16-15(17)18-12-8-4-5-9-13(12)19-16/h4-5,8-9,11,14H,3,6-7,10H2,1-2H3,(H2,17,18). The maximum absolute atomic E-state index is 6.12. The minimum Gasteiger partial charge on any atom is -0.381 e. The van der Waals surface area contributed by atoms with Crippen LogP contribution in [0, 0.1) is 5.92 Å². The number of nitrogens with zero attached hydrogens (tertiary/aromatic N) is 3. The quantitative estimate of drug-likeness (QED) is 0.910. The Labute approximate surface area is 120 Å². The SMILES string of the molecule is CC1CCCCC1N(C)c1nc2ccccc2nc1N. The third kappa shape index (κ3) is 2.30. The lowest BCUT2D eigenvalue weighted by molar-refractivity contribution is 0.321. The molecule has 1 aromatic heterocycles. The smallest absolute Gasteiger partial charge is 0.172 e. The second kappa shape index (κ2) is 5.27. The Morgan fingerprint density at radius 1 is 1.10 bits per heavy atom. The highest BCUT2D eigenvalue weighted by Crippen LogP contribution is 2.32. The Kier molecular flexibility index (Phi) is 3.47. The van der Waals surface area contributed by atoms with Gasteiger partial charge in [0, 0.05) is 13.1 Å². The fourth-order valence-corrected chi connectivity index (χ4v) is 3.29. The van der Waals surface area contributed by atoms with Crippen LogP contribution in [-0.4, -0.2) is 23.1 Å². The van der Waals surface area contributed by atoms with Crippen molar-refractivity contribution in [2.75, 3.05) is 17.7 Å². The monoisotopic (exact) mass is 270 g/mol. The highest BCUT2D eigenvalue weighted by molar-refractivity contribution is 5.79. The van der Waals surface area contributed by atoms with Gasteiger partial charge in [-0.05, 0) is 30.9 Å². The van der Waals surface area contributed by atoms with Crippen LogP contribution in [0.1, 0.15) is 32.6 Å². The molecule has 2 aromatic rings. The summed E-state index contributed by atoms with van der Waals surface area (Å²) in [5, 5.41) is 0. The van der Waals surface area contributed by atoms with E-state index in [-0.39, 0.29) is 0 Å². The normalized spacial score (nSPS) is 22.9. The van der Waals surface area contributed by atoms with Gasteiger partial charge in [0.2, 0.25) is 0 Å². The van der Waals surface area contributed by atoms with Crippen molar-refractivity contribution >= 4 is 22.7 Å². The molecule has 4 nitrogen and oxygen atoms in total. The minimum atomic E-state index is 0.515. The van der Waals surface area contributed by atoms with Gasteiger partial charge in [-0.1, -0.05) is 31.9 Å². The van der Waals surface area contributed by atoms with Crippen LogP contribution in [0.5, 0.6) is 0 Å². The zero-order valence-electron chi connectivity index (χ0n) is 12.2. The first-order valence-corrected chi connectivity index (χ1v) is 7.42. The molecule has 4 heteroatoms. The van der Waals surface area contributed by atoms with Crippen molar-refractivity contribution in [3.63, 3.8) is 0 Å². The summed E-state index contributed by atoms with van der Waals surface area (Å²) >= 11 is 0. The van der Waals surface area contributed by atoms with Crippen molar-refractivity contribution in [3.05, 3.63) is 24.3 Å². The molecule has 0 saturated heterocycles. The van der Waals surface area contributed by atoms with Crippen LogP contribution in [0.4, 0.5) is 11.6 Å². The molecule has 1 aromatic carbocycles. The third-order valence-electron chi connectivity index (χ3n) is 4.48. The van der Waals surface area contributed by atoms with Crippen LogP contribution < -0.4 is 10.6 Å². The highest BCUT2D eigenvalue weighted by Gasteiger charge is 2.27. The highest BCUT2D eigenvalue weighted by atomic mass is 15.2. The lowest BCUT2D eigenvalue weighted by Crippen LogP contribution is -2.39. The molecule has 1 heterocycles. The van der Waals surface area contributed by atoms with Crippen LogP contribution in [0.15, 0.2) is 24.3 Å². The molecule has 2 unspecified atom stereocenters. The van der Waals surface area contributed by atoms with Crippen molar-refractivity contribution < 1.29 is 0 Å². The van der Waals surface area contributed by atoms with E-state index in [0.717, 1.165) is 16.9 Å². The van der Waals surface area contributed by atoms with E-state index in [4.69, 9.17) is 10.7 Å². The van der Waals surface area contributed by atoms with Crippen molar-refractivity contribution in [2.45, 2.75) is 38.6 Å². The molecule has 3 rings (SSSR count). The molecule has 0 radical (unpaired) electrons. The van der Waals surface area contributed by atoms with Gasteiger partial charge in [0.25, 0.3) is 0 Å². The Morgan fingerprint density at radius 3 is 2.45 bits per heavy atom. The van der Waals surface area contributed by atoms with Gasteiger partial charge in [0.15, 0.2) is 11.6 Å². The van der Waals surface area contributed by atoms with Crippen molar-refractivity contribution in [2.24, 2.45) is 5.92 Å². The van der Waals surface area contributed by atoms with Crippen molar-refractivity contribution in [1.29, 1.82) is 0 Å². The Bertz CT molecular complexity index is 610. The van der Waals surface area contributed by atoms with Crippen molar-refractivity contribution in [1.82, 2.24) is 9.97 Å². The Hall–Kier alpha value is -1.84. The van der Waals surface area contributed by atoms with Gasteiger partial charge in [-0.25, -0.2) is 9.97 Å². The maximum Gasteiger partial charge on any atom is 0.172 e. The number of aromatic nitrogens is 2. The minimum absolute atomic E-state index is 0.515. The number of hydrogen-bond acceptors (Lipinski definition) is 4. The lowest BCUT2D eigenvalue weighted by Gasteiger charge is -2.37. The topological polar surface area (TPSA) is 55.0 Å². The van der Waals surface area contributed by atoms with Gasteiger partial charge in [0.05, 0.1) is 11.0 Å². The number of fused-ring (bicyclic) bond motifs is 1. The van der Waals surface area contributed by atoms with E-state index in [1.807, 2.05) is 24.3 Å². The fourth-order valence-electron chi connectivity index (χ4n) is 3.29. The Morgan fingerprint density at radius 2 is 1.75 bits per heavy atom. The molecule has 1 saturated carbocycles. The van der Waals surface area contributed by atoms with E-state index in [9.17, 15) is 0 Å². The van der Waals surface area contributed by atoms with Gasteiger partial charge < -0.3 is 10.6 Å². The summed E-state index contributed by atoms with van der Waals surface area (Å²) < 4.78 is 0. The van der Waals surface area contributed by atoms with Crippen LogP contribution in [0.2, 0.25) is 0 Å². The van der Waals surface area contributed by atoms with Gasteiger partial charge in [0.1, 0.15) is 0 Å². The number of rotatable bonds is 2. The molecule has 2 atom stereocenters. The summed E-state index contributed by atoms with van der Waals surface area (Å²) in [5.74, 6) is 2.04. The summed E-state index contributed by atoms with van der Waals surface area (Å²) in [6, 6.07) is 8.40. The number of nitrogen functional groups attached to an aromatic ring is 1. The first-order valence-electron chi connectivity index (χ1n) is 7.42. The molecule has 1 aliphatic rings. The molecule has 1 fully saturated rings. The second-order valence-electron chi connectivity index (χ2n) is 5.86. The molecule has 2 N–H and O–H groups in total. The predicted octanol–water partition coefficient (Wildman–Crippen LogP) is 3.23. The molecule has 0 amide bonds. The molecular formula is C16H22N4. The lowest BCUT2D eigenvalue weighted by atomic mass is 9.85. The van der Waals surface area contributed by atoms with E-state index < -0.39 is 0 Å². The number of benzene rings is 1. The van der Waals surface area contributed by atoms with E-state index >= 15 is 0 Å². The van der Waals surface area contributed by atoms with Crippen LogP contribution in [-0.2, 0) is 0 Å². The third-order valence-corrected chi connectivity index (χ3v) is 4.48. The fraction of sp³-hybridized carbons (Fsp3) is 0.500. The predicted molar refractivity (Wildman–Crippen MR) is 83.8 cm³/mol. The zero-order valence-corrected chi connectivity index (χ0v) is 12.2. The number of anilines is 2. The van der Waals surface area contributed by atoms with Crippen LogP contribution >= 0.6 is 0 Å². The first-order chi connectivity index (χ1) is 9.66. The second-order valence-corrected chi connectivity index (χ2v) is 5.86. The molecular weight excluding hydrogens is 248 g/mol. The number of hydrogen-bond donors (Lipinski definition) is 1. The van der Waals surface area contributed by atoms with E-state index in [2.05, 4.69) is 23.9 Å². The largest absolute Gasteiger partial charge is 0.381 e. The van der Waals surface area contributed by atoms with E-state index in [1.165, 1.54) is 25.7 Å². The summed E-state index contributed by atoms with van der Waals surface area (Å²) in [6.45, 7) is 2.32. The van der Waals surface area contributed by atoms with Gasteiger partial charge >= 0.3 is 0 Å². The summed E-state index contributed by atoms with van der Waals surface area (Å²) in [6.07, 6.45) is 5.13. The van der Waals surface area contributed by atoms with E-state index in [0.29, 0.717) is 17.8 Å². The first kappa shape index (κ1) is 13.2. The molecule has 1 aliphatic carbocycles. The number of para-hydroxylation sites is 2. The summed E-state index contributed by atoms with van der Waals surface area (Å²) in [7, 11) is 2.10. The molecule has 0 aliphatic heterocycles. The average Bonchev–Trinajstić information content (AvgIpc) is 2.46. The van der Waals surface area contributed by atoms with Crippen molar-refractivity contribution in [3.8, 4) is 0 Å². The van der Waals surface area contributed by atoms with Crippen LogP contribution in [0.3, 0.4) is 0 Å². The molecule has 106 valence electrons. The molecule has 20 heavy (non-hydrogen) atoms. The molecule has 0 spiro atoms. The average molecular weight is 270 g/mol. The van der Waals surface area contributed by atoms with Gasteiger partial charge in [-0.15, -0.1) is 0 Å². The van der Waals surface area contributed by atoms with E-state index in [1.54, 1.807) is 0 Å². The molecule has 0 bridgehead atoms. The van der Waals surface area contributed by atoms with Crippen LogP contribution in [0.25, 0.3) is 11.0 Å². The summed E-state index contributed by atoms with van der Waals surface area (Å²) in [4.78, 5) is 11.4. The zero-order chi connectivity index (χ0) is 14.1. The van der Waals surface area contributed by atoms with Gasteiger partial charge in [-0.2, -0.15) is 0 Å². The Balaban J connectivity index is 1.98.